The van der Waals surface area contributed by atoms with Gasteiger partial charge < -0.3 is 14.8 Å². The van der Waals surface area contributed by atoms with Gasteiger partial charge >= 0.3 is 6.09 Å². The Kier molecular flexibility index (Phi) is 7.64. The summed E-state index contributed by atoms with van der Waals surface area (Å²) < 4.78 is 25.5. The van der Waals surface area contributed by atoms with Crippen molar-refractivity contribution in [3.8, 4) is 16.9 Å². The van der Waals surface area contributed by atoms with Crippen molar-refractivity contribution < 1.29 is 18.7 Å². The van der Waals surface area contributed by atoms with Gasteiger partial charge in [0.25, 0.3) is 0 Å². The molecule has 9 heteroatoms. The van der Waals surface area contributed by atoms with E-state index < -0.39 is 17.5 Å². The molecule has 1 aliphatic carbocycles. The highest BCUT2D eigenvalue weighted by atomic mass is 35.5. The summed E-state index contributed by atoms with van der Waals surface area (Å²) in [6, 6.07) is 8.29. The van der Waals surface area contributed by atoms with Crippen LogP contribution in [0.15, 0.2) is 48.3 Å². The lowest BCUT2D eigenvalue weighted by Gasteiger charge is -2.19. The number of hydrogen-bond acceptors (Lipinski definition) is 6. The highest BCUT2D eigenvalue weighted by Crippen LogP contribution is 2.38. The summed E-state index contributed by atoms with van der Waals surface area (Å²) in [5.41, 5.74) is 2.11. The van der Waals surface area contributed by atoms with Crippen molar-refractivity contribution in [2.45, 2.75) is 58.6 Å². The zero-order valence-corrected chi connectivity index (χ0v) is 21.6. The number of nitrogens with one attached hydrogen (secondary N) is 2. The van der Waals surface area contributed by atoms with Crippen molar-refractivity contribution in [2.75, 3.05) is 11.9 Å². The van der Waals surface area contributed by atoms with Crippen LogP contribution in [0.25, 0.3) is 22.0 Å². The molecule has 1 fully saturated rings. The summed E-state index contributed by atoms with van der Waals surface area (Å²) in [5.74, 6) is 0.489. The molecule has 1 atom stereocenters. The molecule has 4 rings (SSSR count). The fourth-order valence-electron chi connectivity index (χ4n) is 4.15. The molecule has 2 aromatic carbocycles. The van der Waals surface area contributed by atoms with E-state index in [4.69, 9.17) is 21.1 Å². The molecule has 0 bridgehead atoms. The normalized spacial score (nSPS) is 16.8. The summed E-state index contributed by atoms with van der Waals surface area (Å²) in [5, 5.41) is 7.06. The van der Waals surface area contributed by atoms with Crippen LogP contribution in [0.4, 0.5) is 15.1 Å². The predicted octanol–water partition coefficient (Wildman–Crippen LogP) is 6.86. The number of halogens is 2. The molecule has 0 aliphatic heterocycles. The second kappa shape index (κ2) is 10.7. The third-order valence-electron chi connectivity index (χ3n) is 5.71. The Hall–Kier alpha value is -3.39. The molecule has 1 amide bonds. The molecule has 190 valence electrons. The number of alkyl carbamates (subject to hydrolysis) is 1. The summed E-state index contributed by atoms with van der Waals surface area (Å²) in [6.07, 6.45) is 5.67. The van der Waals surface area contributed by atoms with Crippen LogP contribution < -0.4 is 15.4 Å². The Morgan fingerprint density at radius 2 is 2.08 bits per heavy atom. The van der Waals surface area contributed by atoms with E-state index >= 15 is 0 Å². The minimum atomic E-state index is -0.558. The molecule has 3 aromatic rings. The zero-order chi connectivity index (χ0) is 25.9. The van der Waals surface area contributed by atoms with Crippen LogP contribution in [-0.4, -0.2) is 34.3 Å². The van der Waals surface area contributed by atoms with E-state index in [1.165, 1.54) is 12.1 Å². The molecular weight excluding hydrogens is 483 g/mol. The van der Waals surface area contributed by atoms with Crippen LogP contribution in [0, 0.1) is 5.82 Å². The minimum absolute atomic E-state index is 0.00543. The fraction of sp³-hybridized carbons (Fsp3) is 0.370. The highest BCUT2D eigenvalue weighted by molar-refractivity contribution is 6.34. The molecule has 1 aliphatic rings. The minimum Gasteiger partial charge on any atom is -0.492 e. The van der Waals surface area contributed by atoms with Gasteiger partial charge in [-0.25, -0.2) is 19.2 Å². The molecule has 1 unspecified atom stereocenters. The number of carbonyl (C=O) groups is 1. The van der Waals surface area contributed by atoms with Gasteiger partial charge in [0.1, 0.15) is 17.2 Å². The maximum Gasteiger partial charge on any atom is 0.411 e. The third-order valence-corrected chi connectivity index (χ3v) is 6.08. The number of aromatic nitrogens is 2. The quantitative estimate of drug-likeness (QED) is 0.375. The summed E-state index contributed by atoms with van der Waals surface area (Å²) >= 11 is 6.44. The topological polar surface area (TPSA) is 85.4 Å². The Bertz CT molecular complexity index is 1310. The molecule has 2 N–H and O–H groups in total. The highest BCUT2D eigenvalue weighted by Gasteiger charge is 2.23. The standard InChI is InChI=1S/C27H30ClFN4O3/c1-5-35-22-12-10-19(29)23(24(22)28)16-9-11-21-18(13-16)15-30-25(33-21)32-20-8-6-7-17(20)14-31-26(34)36-27(2,3)4/h9-15,20H,5-8H2,1-4H3,(H,31,34)(H,30,32,33)/b17-14-. The first-order valence-electron chi connectivity index (χ1n) is 12.0. The van der Waals surface area contributed by atoms with Gasteiger partial charge in [-0.1, -0.05) is 17.7 Å². The fourth-order valence-corrected chi connectivity index (χ4v) is 4.46. The van der Waals surface area contributed by atoms with Crippen molar-refractivity contribution in [1.82, 2.24) is 15.3 Å². The summed E-state index contributed by atoms with van der Waals surface area (Å²) in [4.78, 5) is 21.1. The number of rotatable bonds is 6. The molecule has 0 spiro atoms. The number of amides is 1. The van der Waals surface area contributed by atoms with Gasteiger partial charge in [0.2, 0.25) is 5.95 Å². The molecule has 0 saturated heterocycles. The Balaban J connectivity index is 1.52. The summed E-state index contributed by atoms with van der Waals surface area (Å²) in [7, 11) is 0. The number of ether oxygens (including phenoxy) is 2. The van der Waals surface area contributed by atoms with Crippen LogP contribution in [-0.2, 0) is 4.74 Å². The Morgan fingerprint density at radius 3 is 2.83 bits per heavy atom. The number of hydrogen-bond donors (Lipinski definition) is 2. The number of fused-ring (bicyclic) bond motifs is 1. The van der Waals surface area contributed by atoms with Gasteiger partial charge in [-0.15, -0.1) is 0 Å². The summed E-state index contributed by atoms with van der Waals surface area (Å²) in [6.45, 7) is 7.75. The molecule has 7 nitrogen and oxygen atoms in total. The maximum atomic E-state index is 14.7. The molecule has 1 heterocycles. The molecular formula is C27H30ClFN4O3. The second-order valence-corrected chi connectivity index (χ2v) is 9.97. The van der Waals surface area contributed by atoms with Crippen molar-refractivity contribution >= 4 is 34.5 Å². The smallest absolute Gasteiger partial charge is 0.411 e. The van der Waals surface area contributed by atoms with E-state index in [1.807, 2.05) is 39.8 Å². The SMILES string of the molecule is CCOc1ccc(F)c(-c2ccc3nc(NC4CCC/C4=C/NC(=O)OC(C)(C)C)ncc3c2)c1Cl. The van der Waals surface area contributed by atoms with Gasteiger partial charge in [-0.2, -0.15) is 0 Å². The van der Waals surface area contributed by atoms with Gasteiger partial charge in [0, 0.05) is 23.3 Å². The van der Waals surface area contributed by atoms with E-state index in [0.29, 0.717) is 29.4 Å². The molecule has 1 aromatic heterocycles. The van der Waals surface area contributed by atoms with Gasteiger partial charge in [0.15, 0.2) is 0 Å². The Labute approximate surface area is 215 Å². The van der Waals surface area contributed by atoms with Crippen molar-refractivity contribution in [3.05, 3.63) is 59.1 Å². The van der Waals surface area contributed by atoms with E-state index in [9.17, 15) is 9.18 Å². The van der Waals surface area contributed by atoms with Gasteiger partial charge in [-0.3, -0.25) is 5.32 Å². The van der Waals surface area contributed by atoms with Gasteiger partial charge in [0.05, 0.1) is 23.2 Å². The molecule has 0 radical (unpaired) electrons. The third kappa shape index (κ3) is 6.05. The van der Waals surface area contributed by atoms with Crippen LogP contribution in [0.3, 0.4) is 0 Å². The lowest BCUT2D eigenvalue weighted by atomic mass is 10.0. The monoisotopic (exact) mass is 512 g/mol. The first-order chi connectivity index (χ1) is 17.1. The van der Waals surface area contributed by atoms with Crippen LogP contribution in [0.1, 0.15) is 47.0 Å². The van der Waals surface area contributed by atoms with E-state index in [1.54, 1.807) is 18.5 Å². The number of carbonyl (C=O) groups excluding carboxylic acids is 1. The molecule has 36 heavy (non-hydrogen) atoms. The number of benzene rings is 2. The van der Waals surface area contributed by atoms with E-state index in [0.717, 1.165) is 30.2 Å². The first kappa shape index (κ1) is 25.7. The van der Waals surface area contributed by atoms with E-state index in [2.05, 4.69) is 20.6 Å². The number of anilines is 1. The van der Waals surface area contributed by atoms with E-state index in [-0.39, 0.29) is 16.6 Å². The maximum absolute atomic E-state index is 14.7. The first-order valence-corrected chi connectivity index (χ1v) is 12.4. The van der Waals surface area contributed by atoms with Crippen molar-refractivity contribution in [1.29, 1.82) is 0 Å². The van der Waals surface area contributed by atoms with Crippen LogP contribution in [0.5, 0.6) is 5.75 Å². The predicted molar refractivity (Wildman–Crippen MR) is 140 cm³/mol. The van der Waals surface area contributed by atoms with Crippen molar-refractivity contribution in [3.63, 3.8) is 0 Å². The average Bonchev–Trinajstić information content (AvgIpc) is 3.25. The zero-order valence-electron chi connectivity index (χ0n) is 20.8. The molecule has 1 saturated carbocycles. The largest absolute Gasteiger partial charge is 0.492 e. The second-order valence-electron chi connectivity index (χ2n) is 9.59. The van der Waals surface area contributed by atoms with Crippen LogP contribution in [0.2, 0.25) is 5.02 Å². The van der Waals surface area contributed by atoms with Gasteiger partial charge in [-0.05, 0) is 82.4 Å². The van der Waals surface area contributed by atoms with Crippen molar-refractivity contribution in [2.24, 2.45) is 0 Å². The Morgan fingerprint density at radius 1 is 1.28 bits per heavy atom. The van der Waals surface area contributed by atoms with Crippen LogP contribution >= 0.6 is 11.6 Å². The lowest BCUT2D eigenvalue weighted by Crippen LogP contribution is -2.30. The average molecular weight is 513 g/mol. The lowest BCUT2D eigenvalue weighted by molar-refractivity contribution is 0.0552. The number of nitrogens with zero attached hydrogens (tertiary/aromatic N) is 2.